The number of anilines is 1. The molecule has 5 heteroatoms. The molecular formula is C13H13FN4. The minimum atomic E-state index is -0.507. The predicted octanol–water partition coefficient (Wildman–Crippen LogP) is 2.60. The maximum atomic E-state index is 13.2. The van der Waals surface area contributed by atoms with Crippen LogP contribution in [-0.2, 0) is 7.05 Å². The van der Waals surface area contributed by atoms with E-state index in [0.717, 1.165) is 5.82 Å². The van der Waals surface area contributed by atoms with Crippen molar-refractivity contribution >= 4 is 5.69 Å². The largest absolute Gasteiger partial charge is 0.375 e. The van der Waals surface area contributed by atoms with E-state index in [0.29, 0.717) is 5.69 Å². The second kappa shape index (κ2) is 4.88. The van der Waals surface area contributed by atoms with Crippen molar-refractivity contribution in [2.45, 2.75) is 13.0 Å². The first-order chi connectivity index (χ1) is 8.61. The quantitative estimate of drug-likeness (QED) is 0.902. The Kier molecular flexibility index (Phi) is 3.28. The van der Waals surface area contributed by atoms with E-state index in [1.165, 1.54) is 12.1 Å². The van der Waals surface area contributed by atoms with Gasteiger partial charge in [0, 0.05) is 25.1 Å². The molecule has 4 nitrogen and oxygen atoms in total. The third-order valence-electron chi connectivity index (χ3n) is 2.72. The minimum Gasteiger partial charge on any atom is -0.375 e. The lowest BCUT2D eigenvalue weighted by atomic mass is 10.2. The van der Waals surface area contributed by atoms with Gasteiger partial charge in [-0.2, -0.15) is 5.26 Å². The van der Waals surface area contributed by atoms with Crippen molar-refractivity contribution in [2.75, 3.05) is 5.32 Å². The third kappa shape index (κ3) is 2.33. The molecule has 0 fully saturated rings. The first-order valence-electron chi connectivity index (χ1n) is 5.55. The first-order valence-corrected chi connectivity index (χ1v) is 5.55. The number of halogens is 1. The summed E-state index contributed by atoms with van der Waals surface area (Å²) in [4.78, 5) is 4.23. The van der Waals surface area contributed by atoms with E-state index < -0.39 is 5.82 Å². The predicted molar refractivity (Wildman–Crippen MR) is 66.4 cm³/mol. The summed E-state index contributed by atoms with van der Waals surface area (Å²) in [7, 11) is 1.91. The summed E-state index contributed by atoms with van der Waals surface area (Å²) in [6, 6.07) is 6.18. The molecule has 1 unspecified atom stereocenters. The van der Waals surface area contributed by atoms with Gasteiger partial charge in [0.05, 0.1) is 11.6 Å². The summed E-state index contributed by atoms with van der Waals surface area (Å²) in [6.45, 7) is 1.96. The molecule has 2 rings (SSSR count). The van der Waals surface area contributed by atoms with Crippen molar-refractivity contribution in [1.29, 1.82) is 5.26 Å². The Hall–Kier alpha value is -2.35. The van der Waals surface area contributed by atoms with Crippen LogP contribution in [0.15, 0.2) is 30.6 Å². The van der Waals surface area contributed by atoms with Crippen molar-refractivity contribution in [3.8, 4) is 6.07 Å². The Morgan fingerprint density at radius 3 is 2.89 bits per heavy atom. The highest BCUT2D eigenvalue weighted by atomic mass is 19.1. The highest BCUT2D eigenvalue weighted by molar-refractivity contribution is 5.50. The molecule has 0 bridgehead atoms. The van der Waals surface area contributed by atoms with Crippen molar-refractivity contribution in [2.24, 2.45) is 7.05 Å². The molecule has 0 aliphatic heterocycles. The molecule has 1 N–H and O–H groups in total. The third-order valence-corrected chi connectivity index (χ3v) is 2.72. The van der Waals surface area contributed by atoms with Gasteiger partial charge in [0.15, 0.2) is 0 Å². The van der Waals surface area contributed by atoms with Crippen LogP contribution in [0.3, 0.4) is 0 Å². The highest BCUT2D eigenvalue weighted by Gasteiger charge is 2.11. The fraction of sp³-hybridized carbons (Fsp3) is 0.231. The molecule has 0 aliphatic rings. The highest BCUT2D eigenvalue weighted by Crippen LogP contribution is 2.19. The fourth-order valence-electron chi connectivity index (χ4n) is 1.81. The van der Waals surface area contributed by atoms with Gasteiger partial charge >= 0.3 is 0 Å². The normalized spacial score (nSPS) is 11.9. The number of nitrogens with one attached hydrogen (secondary N) is 1. The number of nitriles is 1. The average Bonchev–Trinajstić information content (AvgIpc) is 2.78. The average molecular weight is 244 g/mol. The number of hydrogen-bond acceptors (Lipinski definition) is 3. The zero-order valence-electron chi connectivity index (χ0n) is 10.2. The molecule has 0 aliphatic carbocycles. The molecular weight excluding hydrogens is 231 g/mol. The van der Waals surface area contributed by atoms with Gasteiger partial charge in [0.25, 0.3) is 0 Å². The molecule has 1 aromatic heterocycles. The summed E-state index contributed by atoms with van der Waals surface area (Å²) in [5.74, 6) is 0.366. The van der Waals surface area contributed by atoms with E-state index in [9.17, 15) is 4.39 Å². The molecule has 0 saturated carbocycles. The molecule has 1 aromatic carbocycles. The van der Waals surface area contributed by atoms with Gasteiger partial charge < -0.3 is 9.88 Å². The van der Waals surface area contributed by atoms with Crippen LogP contribution >= 0.6 is 0 Å². The van der Waals surface area contributed by atoms with Gasteiger partial charge in [0.2, 0.25) is 0 Å². The Balaban J connectivity index is 2.20. The Labute approximate surface area is 105 Å². The van der Waals surface area contributed by atoms with Crippen LogP contribution in [-0.4, -0.2) is 9.55 Å². The van der Waals surface area contributed by atoms with Crippen LogP contribution in [0, 0.1) is 17.1 Å². The van der Waals surface area contributed by atoms with E-state index in [1.54, 1.807) is 12.3 Å². The Bertz CT molecular complexity index is 597. The molecule has 92 valence electrons. The molecule has 0 amide bonds. The SMILES string of the molecule is CC(Nc1ccc(F)c(C#N)c1)c1nccn1C. The van der Waals surface area contributed by atoms with Crippen LogP contribution in [0.25, 0.3) is 0 Å². The van der Waals surface area contributed by atoms with E-state index in [2.05, 4.69) is 10.3 Å². The number of benzene rings is 1. The van der Waals surface area contributed by atoms with Crippen LogP contribution in [0.1, 0.15) is 24.4 Å². The summed E-state index contributed by atoms with van der Waals surface area (Å²) in [5, 5.41) is 12.0. The number of imidazole rings is 1. The summed E-state index contributed by atoms with van der Waals surface area (Å²) in [5.41, 5.74) is 0.732. The Morgan fingerprint density at radius 1 is 1.50 bits per heavy atom. The van der Waals surface area contributed by atoms with Crippen LogP contribution in [0.4, 0.5) is 10.1 Å². The topological polar surface area (TPSA) is 53.6 Å². The number of aryl methyl sites for hydroxylation is 1. The van der Waals surface area contributed by atoms with Gasteiger partial charge in [-0.1, -0.05) is 0 Å². The number of rotatable bonds is 3. The zero-order chi connectivity index (χ0) is 13.1. The van der Waals surface area contributed by atoms with Gasteiger partial charge in [0.1, 0.15) is 17.7 Å². The molecule has 0 spiro atoms. The van der Waals surface area contributed by atoms with E-state index in [4.69, 9.17) is 5.26 Å². The lowest BCUT2D eigenvalue weighted by Gasteiger charge is -2.15. The van der Waals surface area contributed by atoms with Crippen LogP contribution in [0.2, 0.25) is 0 Å². The van der Waals surface area contributed by atoms with E-state index in [-0.39, 0.29) is 11.6 Å². The van der Waals surface area contributed by atoms with E-state index >= 15 is 0 Å². The van der Waals surface area contributed by atoms with Gasteiger partial charge in [-0.05, 0) is 25.1 Å². The first kappa shape index (κ1) is 12.1. The number of hydrogen-bond donors (Lipinski definition) is 1. The zero-order valence-corrected chi connectivity index (χ0v) is 10.2. The fourth-order valence-corrected chi connectivity index (χ4v) is 1.81. The summed E-state index contributed by atoms with van der Waals surface area (Å²) < 4.78 is 15.1. The number of nitrogens with zero attached hydrogens (tertiary/aromatic N) is 3. The summed E-state index contributed by atoms with van der Waals surface area (Å²) in [6.07, 6.45) is 3.58. The van der Waals surface area contributed by atoms with Crippen LogP contribution < -0.4 is 5.32 Å². The molecule has 0 saturated heterocycles. The Morgan fingerprint density at radius 2 is 2.28 bits per heavy atom. The van der Waals surface area contributed by atoms with Crippen molar-refractivity contribution < 1.29 is 4.39 Å². The van der Waals surface area contributed by atoms with Gasteiger partial charge in [-0.3, -0.25) is 0 Å². The monoisotopic (exact) mass is 244 g/mol. The lowest BCUT2D eigenvalue weighted by Crippen LogP contribution is -2.12. The maximum absolute atomic E-state index is 13.2. The van der Waals surface area contributed by atoms with Gasteiger partial charge in [-0.25, -0.2) is 9.37 Å². The molecule has 0 radical (unpaired) electrons. The molecule has 18 heavy (non-hydrogen) atoms. The maximum Gasteiger partial charge on any atom is 0.141 e. The summed E-state index contributed by atoms with van der Waals surface area (Å²) >= 11 is 0. The van der Waals surface area contributed by atoms with E-state index in [1.807, 2.05) is 30.8 Å². The van der Waals surface area contributed by atoms with Crippen molar-refractivity contribution in [3.05, 3.63) is 47.8 Å². The standard InChI is InChI=1S/C13H13FN4/c1-9(13-16-5-6-18(13)2)17-11-3-4-12(14)10(7-11)8-15/h3-7,9,17H,1-2H3. The number of aromatic nitrogens is 2. The van der Waals surface area contributed by atoms with Crippen molar-refractivity contribution in [3.63, 3.8) is 0 Å². The minimum absolute atomic E-state index is 0.0259. The smallest absolute Gasteiger partial charge is 0.141 e. The lowest BCUT2D eigenvalue weighted by molar-refractivity contribution is 0.624. The molecule has 2 aromatic rings. The van der Waals surface area contributed by atoms with Crippen molar-refractivity contribution in [1.82, 2.24) is 9.55 Å². The second-order valence-corrected chi connectivity index (χ2v) is 4.07. The van der Waals surface area contributed by atoms with Gasteiger partial charge in [-0.15, -0.1) is 0 Å². The van der Waals surface area contributed by atoms with Crippen LogP contribution in [0.5, 0.6) is 0 Å². The molecule has 1 heterocycles. The second-order valence-electron chi connectivity index (χ2n) is 4.07. The molecule has 1 atom stereocenters.